The van der Waals surface area contributed by atoms with Crippen LogP contribution in [0.3, 0.4) is 0 Å². The second kappa shape index (κ2) is 5.83. The molecule has 0 aromatic carbocycles. The highest BCUT2D eigenvalue weighted by molar-refractivity contribution is 6.31. The van der Waals surface area contributed by atoms with Gasteiger partial charge in [-0.2, -0.15) is 0 Å². The van der Waals surface area contributed by atoms with Crippen molar-refractivity contribution in [1.29, 1.82) is 0 Å². The van der Waals surface area contributed by atoms with E-state index in [9.17, 15) is 5.11 Å². The average Bonchev–Trinajstić information content (AvgIpc) is 2.32. The fourth-order valence-electron chi connectivity index (χ4n) is 2.79. The van der Waals surface area contributed by atoms with E-state index in [1.807, 2.05) is 6.07 Å². The molecule has 94 valence electrons. The summed E-state index contributed by atoms with van der Waals surface area (Å²) in [5.74, 6) is 1.18. The van der Waals surface area contributed by atoms with Crippen LogP contribution in [-0.4, -0.2) is 16.2 Å². The molecule has 3 atom stereocenters. The van der Waals surface area contributed by atoms with Crippen molar-refractivity contribution < 1.29 is 5.11 Å². The maximum atomic E-state index is 10.3. The van der Waals surface area contributed by atoms with Crippen LogP contribution in [0, 0.1) is 11.8 Å². The Bertz CT molecular complexity index is 369. The molecule has 0 amide bonds. The Morgan fingerprint density at radius 1 is 1.53 bits per heavy atom. The molecule has 0 saturated heterocycles. The molecular formula is C14H20ClNO. The van der Waals surface area contributed by atoms with E-state index in [0.717, 1.165) is 24.3 Å². The van der Waals surface area contributed by atoms with E-state index in [1.54, 1.807) is 12.4 Å². The summed E-state index contributed by atoms with van der Waals surface area (Å²) in [6, 6.07) is 1.90. The van der Waals surface area contributed by atoms with E-state index in [0.29, 0.717) is 17.4 Å². The number of halogens is 1. The zero-order chi connectivity index (χ0) is 12.3. The van der Waals surface area contributed by atoms with Gasteiger partial charge in [-0.05, 0) is 36.3 Å². The largest absolute Gasteiger partial charge is 0.392 e. The molecule has 1 aliphatic carbocycles. The van der Waals surface area contributed by atoms with Gasteiger partial charge >= 0.3 is 0 Å². The molecule has 0 radical (unpaired) electrons. The standard InChI is InChI=1S/C14H20ClNO/c1-10-3-2-4-12(7-10)14(17)8-11-5-6-16-9-13(11)15/h5-6,9-10,12,14,17H,2-4,7-8H2,1H3. The zero-order valence-electron chi connectivity index (χ0n) is 10.3. The molecule has 1 aliphatic rings. The summed E-state index contributed by atoms with van der Waals surface area (Å²) >= 11 is 6.06. The van der Waals surface area contributed by atoms with Gasteiger partial charge in [-0.25, -0.2) is 0 Å². The molecule has 3 heteroatoms. The lowest BCUT2D eigenvalue weighted by molar-refractivity contribution is 0.0720. The number of nitrogens with zero attached hydrogens (tertiary/aromatic N) is 1. The molecule has 1 heterocycles. The van der Waals surface area contributed by atoms with E-state index < -0.39 is 0 Å². The van der Waals surface area contributed by atoms with Crippen molar-refractivity contribution >= 4 is 11.6 Å². The van der Waals surface area contributed by atoms with Gasteiger partial charge in [0.25, 0.3) is 0 Å². The van der Waals surface area contributed by atoms with Crippen molar-refractivity contribution in [3.8, 4) is 0 Å². The summed E-state index contributed by atoms with van der Waals surface area (Å²) in [5.41, 5.74) is 1.01. The first kappa shape index (κ1) is 12.8. The van der Waals surface area contributed by atoms with Gasteiger partial charge in [0, 0.05) is 18.8 Å². The highest BCUT2D eigenvalue weighted by atomic mass is 35.5. The fourth-order valence-corrected chi connectivity index (χ4v) is 2.99. The summed E-state index contributed by atoms with van der Waals surface area (Å²) < 4.78 is 0. The molecule has 2 rings (SSSR count). The lowest BCUT2D eigenvalue weighted by Crippen LogP contribution is -2.27. The number of aromatic nitrogens is 1. The van der Waals surface area contributed by atoms with Gasteiger partial charge in [0.05, 0.1) is 11.1 Å². The average molecular weight is 254 g/mol. The Morgan fingerprint density at radius 2 is 2.35 bits per heavy atom. The summed E-state index contributed by atoms with van der Waals surface area (Å²) in [5, 5.41) is 11.0. The van der Waals surface area contributed by atoms with E-state index in [-0.39, 0.29) is 6.10 Å². The Hall–Kier alpha value is -0.600. The van der Waals surface area contributed by atoms with Crippen LogP contribution < -0.4 is 0 Å². The van der Waals surface area contributed by atoms with E-state index in [2.05, 4.69) is 11.9 Å². The predicted octanol–water partition coefficient (Wildman–Crippen LogP) is 3.46. The van der Waals surface area contributed by atoms with Crippen LogP contribution in [0.25, 0.3) is 0 Å². The molecule has 0 aliphatic heterocycles. The maximum Gasteiger partial charge on any atom is 0.0622 e. The minimum atomic E-state index is -0.266. The van der Waals surface area contributed by atoms with Gasteiger partial charge in [-0.15, -0.1) is 0 Å². The predicted molar refractivity (Wildman–Crippen MR) is 70.1 cm³/mol. The fraction of sp³-hybridized carbons (Fsp3) is 0.643. The third kappa shape index (κ3) is 3.43. The Balaban J connectivity index is 1.96. The number of hydrogen-bond acceptors (Lipinski definition) is 2. The molecule has 2 nitrogen and oxygen atoms in total. The third-order valence-electron chi connectivity index (χ3n) is 3.81. The molecule has 1 aromatic heterocycles. The van der Waals surface area contributed by atoms with Gasteiger partial charge in [-0.1, -0.05) is 31.4 Å². The second-order valence-electron chi connectivity index (χ2n) is 5.27. The third-order valence-corrected chi connectivity index (χ3v) is 4.15. The minimum Gasteiger partial charge on any atom is -0.392 e. The van der Waals surface area contributed by atoms with Crippen LogP contribution >= 0.6 is 11.6 Å². The monoisotopic (exact) mass is 253 g/mol. The van der Waals surface area contributed by atoms with E-state index in [4.69, 9.17) is 11.6 Å². The molecule has 1 aromatic rings. The molecule has 0 bridgehead atoms. The Kier molecular flexibility index (Phi) is 4.41. The highest BCUT2D eigenvalue weighted by Crippen LogP contribution is 2.32. The van der Waals surface area contributed by atoms with Gasteiger partial charge in [-0.3, -0.25) is 4.98 Å². The van der Waals surface area contributed by atoms with Gasteiger partial charge in [0.15, 0.2) is 0 Å². The van der Waals surface area contributed by atoms with Crippen LogP contribution in [-0.2, 0) is 6.42 Å². The lowest BCUT2D eigenvalue weighted by atomic mass is 9.78. The maximum absolute atomic E-state index is 10.3. The van der Waals surface area contributed by atoms with Crippen LogP contribution in [0.15, 0.2) is 18.5 Å². The first-order valence-electron chi connectivity index (χ1n) is 6.43. The summed E-state index contributed by atoms with van der Waals surface area (Å²) in [4.78, 5) is 3.96. The van der Waals surface area contributed by atoms with Crippen molar-refractivity contribution in [2.45, 2.75) is 45.1 Å². The van der Waals surface area contributed by atoms with Gasteiger partial charge in [0.2, 0.25) is 0 Å². The van der Waals surface area contributed by atoms with Gasteiger partial charge < -0.3 is 5.11 Å². The topological polar surface area (TPSA) is 33.1 Å². The number of rotatable bonds is 3. The summed E-state index contributed by atoms with van der Waals surface area (Å²) in [6.07, 6.45) is 8.60. The number of pyridine rings is 1. The van der Waals surface area contributed by atoms with E-state index >= 15 is 0 Å². The SMILES string of the molecule is CC1CCCC(C(O)Cc2ccncc2Cl)C1. The first-order valence-corrected chi connectivity index (χ1v) is 6.81. The number of aliphatic hydroxyl groups excluding tert-OH is 1. The Labute approximate surface area is 108 Å². The van der Waals surface area contributed by atoms with Crippen molar-refractivity contribution in [2.24, 2.45) is 11.8 Å². The zero-order valence-corrected chi connectivity index (χ0v) is 11.0. The molecular weight excluding hydrogens is 234 g/mol. The summed E-state index contributed by atoms with van der Waals surface area (Å²) in [6.45, 7) is 2.28. The molecule has 3 unspecified atom stereocenters. The molecule has 1 saturated carbocycles. The second-order valence-corrected chi connectivity index (χ2v) is 5.68. The van der Waals surface area contributed by atoms with Crippen molar-refractivity contribution in [2.75, 3.05) is 0 Å². The quantitative estimate of drug-likeness (QED) is 0.895. The highest BCUT2D eigenvalue weighted by Gasteiger charge is 2.25. The number of hydrogen-bond donors (Lipinski definition) is 1. The molecule has 1 fully saturated rings. The first-order chi connectivity index (χ1) is 8.16. The van der Waals surface area contributed by atoms with Crippen LogP contribution in [0.1, 0.15) is 38.2 Å². The lowest BCUT2D eigenvalue weighted by Gasteiger charge is -2.30. The molecule has 1 N–H and O–H groups in total. The summed E-state index contributed by atoms with van der Waals surface area (Å²) in [7, 11) is 0. The van der Waals surface area contributed by atoms with Crippen LogP contribution in [0.5, 0.6) is 0 Å². The Morgan fingerprint density at radius 3 is 3.06 bits per heavy atom. The van der Waals surface area contributed by atoms with Crippen LogP contribution in [0.4, 0.5) is 0 Å². The molecule has 0 spiro atoms. The van der Waals surface area contributed by atoms with Crippen molar-refractivity contribution in [1.82, 2.24) is 4.98 Å². The van der Waals surface area contributed by atoms with Crippen molar-refractivity contribution in [3.05, 3.63) is 29.0 Å². The van der Waals surface area contributed by atoms with E-state index in [1.165, 1.54) is 12.8 Å². The van der Waals surface area contributed by atoms with Crippen LogP contribution in [0.2, 0.25) is 5.02 Å². The molecule has 17 heavy (non-hydrogen) atoms. The number of aliphatic hydroxyl groups is 1. The van der Waals surface area contributed by atoms with Crippen molar-refractivity contribution in [3.63, 3.8) is 0 Å². The smallest absolute Gasteiger partial charge is 0.0622 e. The van der Waals surface area contributed by atoms with Gasteiger partial charge in [0.1, 0.15) is 0 Å². The normalized spacial score (nSPS) is 26.8. The minimum absolute atomic E-state index is 0.266.